The van der Waals surface area contributed by atoms with Gasteiger partial charge in [0.25, 0.3) is 5.91 Å². The summed E-state index contributed by atoms with van der Waals surface area (Å²) in [6, 6.07) is 12.4. The molecular formula is C32H42FN5O2. The molecule has 2 aliphatic rings. The molecule has 2 aliphatic heterocycles. The van der Waals surface area contributed by atoms with Crippen molar-refractivity contribution in [2.24, 2.45) is 12.5 Å². The third-order valence-electron chi connectivity index (χ3n) is 8.06. The van der Waals surface area contributed by atoms with E-state index in [4.69, 9.17) is 4.74 Å². The average Bonchev–Trinajstić information content (AvgIpc) is 3.18. The Morgan fingerprint density at radius 3 is 2.45 bits per heavy atom. The molecule has 2 aromatic carbocycles. The molecule has 214 valence electrons. The lowest BCUT2D eigenvalue weighted by molar-refractivity contribution is 0.0984. The van der Waals surface area contributed by atoms with Crippen molar-refractivity contribution in [3.05, 3.63) is 76.9 Å². The summed E-state index contributed by atoms with van der Waals surface area (Å²) in [4.78, 5) is 20.4. The first-order valence-electron chi connectivity index (χ1n) is 14.4. The number of carbonyl (C=O) groups is 1. The van der Waals surface area contributed by atoms with Crippen LogP contribution < -0.4 is 9.64 Å². The highest BCUT2D eigenvalue weighted by Crippen LogP contribution is 2.32. The third-order valence-corrected chi connectivity index (χ3v) is 8.06. The van der Waals surface area contributed by atoms with Gasteiger partial charge in [0.2, 0.25) is 0 Å². The lowest BCUT2D eigenvalue weighted by atomic mass is 9.92. The second kappa shape index (κ2) is 12.1. The molecule has 1 saturated heterocycles. The molecule has 7 nitrogen and oxygen atoms in total. The van der Waals surface area contributed by atoms with E-state index >= 15 is 4.39 Å². The van der Waals surface area contributed by atoms with Gasteiger partial charge in [-0.05, 0) is 54.6 Å². The number of amides is 1. The number of piperazine rings is 1. The predicted molar refractivity (Wildman–Crippen MR) is 156 cm³/mol. The average molecular weight is 548 g/mol. The minimum Gasteiger partial charge on any atom is -0.490 e. The zero-order chi connectivity index (χ0) is 28.3. The molecular weight excluding hydrogens is 505 g/mol. The number of nitrogens with zero attached hydrogens (tertiary/aromatic N) is 5. The highest BCUT2D eigenvalue weighted by Gasteiger charge is 2.27. The second-order valence-electron chi connectivity index (χ2n) is 12.3. The van der Waals surface area contributed by atoms with Gasteiger partial charge >= 0.3 is 0 Å². The first-order valence-corrected chi connectivity index (χ1v) is 14.4. The standard InChI is InChI=1S/C32H42FN5O2/c1-32(2,3)12-14-37-17-15-36(16-18-37)13-7-19-40-30-11-10-25(20-27(30)33)31(39)38-23-26-22-34-35(4)29(26)21-24-8-5-6-9-28(24)38/h5-6,8-11,20,22H,7,12-19,21,23H2,1-4H3. The summed E-state index contributed by atoms with van der Waals surface area (Å²) in [6.45, 7) is 14.2. The summed E-state index contributed by atoms with van der Waals surface area (Å²) in [7, 11) is 1.92. The number of aromatic nitrogens is 2. The summed E-state index contributed by atoms with van der Waals surface area (Å²) in [5, 5.41) is 4.39. The molecule has 0 radical (unpaired) electrons. The Hall–Kier alpha value is -3.23. The fourth-order valence-electron chi connectivity index (χ4n) is 5.52. The molecule has 0 saturated carbocycles. The summed E-state index contributed by atoms with van der Waals surface area (Å²) >= 11 is 0. The van der Waals surface area contributed by atoms with Crippen LogP contribution in [0.25, 0.3) is 0 Å². The number of anilines is 1. The summed E-state index contributed by atoms with van der Waals surface area (Å²) in [6.07, 6.45) is 4.56. The highest BCUT2D eigenvalue weighted by molar-refractivity contribution is 6.06. The van der Waals surface area contributed by atoms with E-state index in [9.17, 15) is 4.79 Å². The van der Waals surface area contributed by atoms with E-state index in [1.165, 1.54) is 12.5 Å². The monoisotopic (exact) mass is 547 g/mol. The van der Waals surface area contributed by atoms with E-state index in [0.29, 0.717) is 30.6 Å². The maximum absolute atomic E-state index is 15.1. The minimum atomic E-state index is -0.511. The van der Waals surface area contributed by atoms with Crippen LogP contribution >= 0.6 is 0 Å². The smallest absolute Gasteiger partial charge is 0.258 e. The Morgan fingerprint density at radius 2 is 1.73 bits per heavy atom. The molecule has 1 amide bonds. The van der Waals surface area contributed by atoms with Crippen molar-refractivity contribution in [3.8, 4) is 5.75 Å². The quantitative estimate of drug-likeness (QED) is 0.366. The van der Waals surface area contributed by atoms with Crippen LogP contribution in [0.3, 0.4) is 0 Å². The Bertz CT molecular complexity index is 1320. The van der Waals surface area contributed by atoms with Gasteiger partial charge in [0.15, 0.2) is 11.6 Å². The number of para-hydroxylation sites is 1. The van der Waals surface area contributed by atoms with E-state index in [2.05, 4.69) is 35.7 Å². The first kappa shape index (κ1) is 28.3. The molecule has 0 unspecified atom stereocenters. The number of benzene rings is 2. The largest absolute Gasteiger partial charge is 0.490 e. The lowest BCUT2D eigenvalue weighted by Crippen LogP contribution is -2.47. The van der Waals surface area contributed by atoms with Crippen LogP contribution in [-0.2, 0) is 20.0 Å². The van der Waals surface area contributed by atoms with Crippen LogP contribution in [0.4, 0.5) is 10.1 Å². The number of hydrogen-bond acceptors (Lipinski definition) is 5. The lowest BCUT2D eigenvalue weighted by Gasteiger charge is -2.35. The van der Waals surface area contributed by atoms with Crippen LogP contribution in [0, 0.1) is 11.2 Å². The van der Waals surface area contributed by atoms with Gasteiger partial charge in [-0.2, -0.15) is 5.10 Å². The molecule has 0 aliphatic carbocycles. The summed E-state index contributed by atoms with van der Waals surface area (Å²) in [5.41, 5.74) is 4.65. The number of rotatable bonds is 8. The summed E-state index contributed by atoms with van der Waals surface area (Å²) < 4.78 is 22.7. The fraction of sp³-hybridized carbons (Fsp3) is 0.500. The molecule has 0 bridgehead atoms. The highest BCUT2D eigenvalue weighted by atomic mass is 19.1. The van der Waals surface area contributed by atoms with E-state index in [1.807, 2.05) is 42.2 Å². The van der Waals surface area contributed by atoms with Gasteiger partial charge in [-0.25, -0.2) is 4.39 Å². The SMILES string of the molecule is Cn1ncc2c1Cc1ccccc1N(C(=O)c1ccc(OCCCN3CCN(CCC(C)(C)C)CC3)c(F)c1)C2. The van der Waals surface area contributed by atoms with E-state index in [0.717, 1.165) is 68.2 Å². The fourth-order valence-corrected chi connectivity index (χ4v) is 5.52. The first-order chi connectivity index (χ1) is 19.2. The number of carbonyl (C=O) groups excluding carboxylic acids is 1. The molecule has 1 fully saturated rings. The van der Waals surface area contributed by atoms with E-state index < -0.39 is 5.82 Å². The Labute approximate surface area is 237 Å². The van der Waals surface area contributed by atoms with Crippen LogP contribution in [0.1, 0.15) is 60.8 Å². The van der Waals surface area contributed by atoms with Crippen LogP contribution in [0.2, 0.25) is 0 Å². The molecule has 40 heavy (non-hydrogen) atoms. The Balaban J connectivity index is 1.14. The van der Waals surface area contributed by atoms with Gasteiger partial charge in [-0.3, -0.25) is 9.48 Å². The van der Waals surface area contributed by atoms with Gasteiger partial charge < -0.3 is 19.4 Å². The molecule has 0 spiro atoms. The zero-order valence-corrected chi connectivity index (χ0v) is 24.3. The maximum Gasteiger partial charge on any atom is 0.258 e. The molecule has 0 atom stereocenters. The Kier molecular flexibility index (Phi) is 8.57. The number of halogens is 1. The van der Waals surface area contributed by atoms with Gasteiger partial charge in [-0.1, -0.05) is 39.0 Å². The van der Waals surface area contributed by atoms with E-state index in [-0.39, 0.29) is 11.7 Å². The van der Waals surface area contributed by atoms with Crippen molar-refractivity contribution in [1.82, 2.24) is 19.6 Å². The van der Waals surface area contributed by atoms with E-state index in [1.54, 1.807) is 17.0 Å². The summed E-state index contributed by atoms with van der Waals surface area (Å²) in [5.74, 6) is -0.561. The van der Waals surface area contributed by atoms with Gasteiger partial charge in [0, 0.05) is 68.7 Å². The normalized spacial score (nSPS) is 16.4. The molecule has 5 rings (SSSR count). The van der Waals surface area contributed by atoms with Crippen molar-refractivity contribution >= 4 is 11.6 Å². The molecule has 0 N–H and O–H groups in total. The van der Waals surface area contributed by atoms with Crippen LogP contribution in [0.15, 0.2) is 48.7 Å². The topological polar surface area (TPSA) is 53.8 Å². The maximum atomic E-state index is 15.1. The van der Waals surface area contributed by atoms with Gasteiger partial charge in [-0.15, -0.1) is 0 Å². The zero-order valence-electron chi connectivity index (χ0n) is 24.3. The number of aryl methyl sites for hydroxylation is 1. The predicted octanol–water partition coefficient (Wildman–Crippen LogP) is 5.13. The second-order valence-corrected chi connectivity index (χ2v) is 12.3. The molecule has 8 heteroatoms. The Morgan fingerprint density at radius 1 is 1.00 bits per heavy atom. The van der Waals surface area contributed by atoms with Crippen molar-refractivity contribution in [2.45, 2.75) is 46.6 Å². The molecule has 3 heterocycles. The third kappa shape index (κ3) is 6.73. The van der Waals surface area contributed by atoms with Crippen LogP contribution in [0.5, 0.6) is 5.75 Å². The van der Waals surface area contributed by atoms with Gasteiger partial charge in [0.1, 0.15) is 0 Å². The molecule has 1 aromatic heterocycles. The van der Waals surface area contributed by atoms with Crippen molar-refractivity contribution in [1.29, 1.82) is 0 Å². The van der Waals surface area contributed by atoms with Crippen molar-refractivity contribution in [2.75, 3.05) is 50.8 Å². The molecule has 3 aromatic rings. The number of fused-ring (bicyclic) bond motifs is 2. The van der Waals surface area contributed by atoms with Crippen LogP contribution in [-0.4, -0.2) is 71.4 Å². The van der Waals surface area contributed by atoms with Gasteiger partial charge in [0.05, 0.1) is 19.3 Å². The number of ether oxygens (including phenoxy) is 1. The van der Waals surface area contributed by atoms with Crippen molar-refractivity contribution in [3.63, 3.8) is 0 Å². The minimum absolute atomic E-state index is 0.189. The van der Waals surface area contributed by atoms with Crippen molar-refractivity contribution < 1.29 is 13.9 Å². The number of hydrogen-bond donors (Lipinski definition) is 0.